The van der Waals surface area contributed by atoms with Crippen LogP contribution in [0.3, 0.4) is 0 Å². The Morgan fingerprint density at radius 1 is 0.793 bits per heavy atom. The van der Waals surface area contributed by atoms with Crippen molar-refractivity contribution in [3.63, 3.8) is 0 Å². The molecule has 29 heavy (non-hydrogen) atoms. The number of alkyl halides is 6. The van der Waals surface area contributed by atoms with Gasteiger partial charge >= 0.3 is 12.4 Å². The first-order valence-electron chi connectivity index (χ1n) is 9.93. The van der Waals surface area contributed by atoms with E-state index in [0.29, 0.717) is 30.4 Å². The maximum atomic E-state index is 14.6. The molecule has 2 aliphatic rings. The second kappa shape index (κ2) is 6.78. The van der Waals surface area contributed by atoms with Crippen molar-refractivity contribution in [2.45, 2.75) is 63.2 Å². The number of fused-ring (bicyclic) bond motifs is 3. The minimum absolute atomic E-state index is 0.0608. The van der Waals surface area contributed by atoms with Gasteiger partial charge in [-0.1, -0.05) is 61.2 Å². The predicted molar refractivity (Wildman–Crippen MR) is 99.8 cm³/mol. The van der Waals surface area contributed by atoms with Crippen molar-refractivity contribution < 1.29 is 26.3 Å². The van der Waals surface area contributed by atoms with Gasteiger partial charge in [0.2, 0.25) is 0 Å². The monoisotopic (exact) mass is 412 g/mol. The first kappa shape index (κ1) is 20.3. The fraction of sp³-hybridized carbons (Fsp3) is 0.478. The topological polar surface area (TPSA) is 0 Å². The van der Waals surface area contributed by atoms with E-state index in [1.165, 1.54) is 0 Å². The van der Waals surface area contributed by atoms with Gasteiger partial charge in [0.15, 0.2) is 5.41 Å². The maximum Gasteiger partial charge on any atom is 0.407 e. The van der Waals surface area contributed by atoms with Crippen LogP contribution < -0.4 is 0 Å². The standard InChI is InChI=1S/C23H22F6/c1-14-11-18-17-10-6-5-7-15(17)13-19(18)20(12-14)21(22(24,25)26,23(27,28)29)16-8-3-2-4-9-16/h5-7,10-12,16H,2-4,8-9,13H2,1H3. The molecule has 0 spiro atoms. The Hall–Kier alpha value is -1.98. The van der Waals surface area contributed by atoms with Gasteiger partial charge in [-0.05, 0) is 59.9 Å². The SMILES string of the molecule is Cc1cc2c(c(C(C3CCCCC3)(C(F)(F)F)C(F)(F)F)c1)Cc1ccccc1-2. The van der Waals surface area contributed by atoms with Gasteiger partial charge in [0.05, 0.1) is 0 Å². The van der Waals surface area contributed by atoms with Gasteiger partial charge in [-0.3, -0.25) is 0 Å². The highest BCUT2D eigenvalue weighted by Gasteiger charge is 2.75. The Bertz CT molecular complexity index is 902. The molecule has 2 aliphatic carbocycles. The first-order valence-corrected chi connectivity index (χ1v) is 9.93. The summed E-state index contributed by atoms with van der Waals surface area (Å²) in [6.45, 7) is 1.57. The van der Waals surface area contributed by atoms with Crippen molar-refractivity contribution in [3.05, 3.63) is 58.7 Å². The van der Waals surface area contributed by atoms with E-state index in [-0.39, 0.29) is 24.8 Å². The van der Waals surface area contributed by atoms with E-state index in [9.17, 15) is 26.3 Å². The molecule has 2 aromatic rings. The molecule has 0 amide bonds. The molecule has 1 fully saturated rings. The minimum Gasteiger partial charge on any atom is -0.170 e. The van der Waals surface area contributed by atoms with E-state index in [1.54, 1.807) is 37.3 Å². The molecule has 0 bridgehead atoms. The third kappa shape index (κ3) is 2.98. The summed E-state index contributed by atoms with van der Waals surface area (Å²) >= 11 is 0. The summed E-state index contributed by atoms with van der Waals surface area (Å²) < 4.78 is 87.3. The molecule has 6 heteroatoms. The lowest BCUT2D eigenvalue weighted by molar-refractivity contribution is -0.321. The van der Waals surface area contributed by atoms with Crippen LogP contribution in [0, 0.1) is 12.8 Å². The number of rotatable bonds is 2. The Kier molecular flexibility index (Phi) is 4.74. The minimum atomic E-state index is -5.43. The van der Waals surface area contributed by atoms with Crippen LogP contribution in [0.1, 0.15) is 54.4 Å². The highest BCUT2D eigenvalue weighted by molar-refractivity contribution is 5.79. The van der Waals surface area contributed by atoms with Gasteiger partial charge in [0.1, 0.15) is 0 Å². The van der Waals surface area contributed by atoms with E-state index >= 15 is 0 Å². The average Bonchev–Trinajstić information content (AvgIpc) is 2.99. The molecule has 1 saturated carbocycles. The lowest BCUT2D eigenvalue weighted by Crippen LogP contribution is -2.59. The van der Waals surface area contributed by atoms with Crippen molar-refractivity contribution in [2.24, 2.45) is 5.92 Å². The van der Waals surface area contributed by atoms with Gasteiger partial charge < -0.3 is 0 Å². The molecule has 0 heterocycles. The predicted octanol–water partition coefficient (Wildman–Crippen LogP) is 7.51. The molecule has 0 unspecified atom stereocenters. The Balaban J connectivity index is 2.04. The number of benzene rings is 2. The lowest BCUT2D eigenvalue weighted by atomic mass is 9.62. The van der Waals surface area contributed by atoms with E-state index in [4.69, 9.17) is 0 Å². The number of hydrogen-bond acceptors (Lipinski definition) is 0. The second-order valence-electron chi connectivity index (χ2n) is 8.31. The molecule has 0 N–H and O–H groups in total. The van der Waals surface area contributed by atoms with E-state index in [2.05, 4.69) is 0 Å². The van der Waals surface area contributed by atoms with E-state index in [0.717, 1.165) is 17.2 Å². The summed E-state index contributed by atoms with van der Waals surface area (Å²) in [5, 5.41) is 0. The van der Waals surface area contributed by atoms with Gasteiger partial charge in [-0.2, -0.15) is 26.3 Å². The van der Waals surface area contributed by atoms with Crippen molar-refractivity contribution >= 4 is 0 Å². The molecular formula is C23H22F6. The van der Waals surface area contributed by atoms with E-state index in [1.807, 2.05) is 0 Å². The van der Waals surface area contributed by atoms with Crippen LogP contribution in [-0.2, 0) is 11.8 Å². The lowest BCUT2D eigenvalue weighted by Gasteiger charge is -2.46. The fourth-order valence-corrected chi connectivity index (χ4v) is 5.41. The third-order valence-corrected chi connectivity index (χ3v) is 6.61. The zero-order valence-electron chi connectivity index (χ0n) is 16.1. The highest BCUT2D eigenvalue weighted by Crippen LogP contribution is 2.61. The molecule has 4 rings (SSSR count). The quantitative estimate of drug-likeness (QED) is 0.382. The summed E-state index contributed by atoms with van der Waals surface area (Å²) in [5.74, 6) is -1.49. The number of hydrogen-bond donors (Lipinski definition) is 0. The number of aryl methyl sites for hydroxylation is 1. The Labute approximate surface area is 165 Å². The molecule has 2 aromatic carbocycles. The zero-order valence-corrected chi connectivity index (χ0v) is 16.1. The molecular weight excluding hydrogens is 390 g/mol. The summed E-state index contributed by atoms with van der Waals surface area (Å²) in [7, 11) is 0. The van der Waals surface area contributed by atoms with Crippen LogP contribution >= 0.6 is 0 Å². The third-order valence-electron chi connectivity index (χ3n) is 6.61. The van der Waals surface area contributed by atoms with Gasteiger partial charge in [0.25, 0.3) is 0 Å². The van der Waals surface area contributed by atoms with Crippen LogP contribution in [0.25, 0.3) is 11.1 Å². The van der Waals surface area contributed by atoms with Gasteiger partial charge in [-0.15, -0.1) is 0 Å². The highest BCUT2D eigenvalue weighted by atomic mass is 19.4. The van der Waals surface area contributed by atoms with Crippen molar-refractivity contribution in [3.8, 4) is 11.1 Å². The first-order chi connectivity index (χ1) is 13.6. The Morgan fingerprint density at radius 3 is 2.03 bits per heavy atom. The smallest absolute Gasteiger partial charge is 0.170 e. The summed E-state index contributed by atoms with van der Waals surface area (Å²) in [6, 6.07) is 9.92. The largest absolute Gasteiger partial charge is 0.407 e. The van der Waals surface area contributed by atoms with Crippen LogP contribution in [0.2, 0.25) is 0 Å². The van der Waals surface area contributed by atoms with Crippen LogP contribution in [0.5, 0.6) is 0 Å². The molecule has 0 aliphatic heterocycles. The Morgan fingerprint density at radius 2 is 1.41 bits per heavy atom. The number of halogens is 6. The molecule has 0 aromatic heterocycles. The van der Waals surface area contributed by atoms with Crippen molar-refractivity contribution in [1.82, 2.24) is 0 Å². The zero-order chi connectivity index (χ0) is 21.0. The average molecular weight is 412 g/mol. The van der Waals surface area contributed by atoms with Crippen LogP contribution in [-0.4, -0.2) is 12.4 Å². The molecule has 0 nitrogen and oxygen atoms in total. The molecule has 0 saturated heterocycles. The summed E-state index contributed by atoms with van der Waals surface area (Å²) in [5.41, 5.74) is -1.81. The normalized spacial score (nSPS) is 17.9. The second-order valence-corrected chi connectivity index (χ2v) is 8.31. The summed E-state index contributed by atoms with van der Waals surface area (Å²) in [4.78, 5) is 0. The van der Waals surface area contributed by atoms with Crippen molar-refractivity contribution in [2.75, 3.05) is 0 Å². The fourth-order valence-electron chi connectivity index (χ4n) is 5.41. The molecule has 156 valence electrons. The van der Waals surface area contributed by atoms with Crippen LogP contribution in [0.4, 0.5) is 26.3 Å². The van der Waals surface area contributed by atoms with Crippen LogP contribution in [0.15, 0.2) is 36.4 Å². The van der Waals surface area contributed by atoms with Gasteiger partial charge in [0, 0.05) is 0 Å². The molecule has 0 radical (unpaired) electrons. The van der Waals surface area contributed by atoms with Crippen molar-refractivity contribution in [1.29, 1.82) is 0 Å². The summed E-state index contributed by atoms with van der Waals surface area (Å²) in [6.07, 6.45) is -9.41. The molecule has 0 atom stereocenters. The van der Waals surface area contributed by atoms with Gasteiger partial charge in [-0.25, -0.2) is 0 Å². The van der Waals surface area contributed by atoms with E-state index < -0.39 is 29.2 Å². The maximum absolute atomic E-state index is 14.6.